The van der Waals surface area contributed by atoms with Gasteiger partial charge in [-0.25, -0.2) is 4.39 Å². The van der Waals surface area contributed by atoms with Crippen LogP contribution in [0.25, 0.3) is 0 Å². The van der Waals surface area contributed by atoms with Crippen LogP contribution in [0.1, 0.15) is 18.4 Å². The summed E-state index contributed by atoms with van der Waals surface area (Å²) in [5, 5.41) is 3.35. The van der Waals surface area contributed by atoms with Crippen LogP contribution in [0, 0.1) is 11.7 Å². The van der Waals surface area contributed by atoms with Crippen LogP contribution in [0.4, 0.5) is 4.39 Å². The number of hydrogen-bond donors (Lipinski definition) is 1. The molecule has 1 fully saturated rings. The van der Waals surface area contributed by atoms with Gasteiger partial charge in [0.15, 0.2) is 11.5 Å². The molecule has 0 aromatic heterocycles. The van der Waals surface area contributed by atoms with Crippen LogP contribution in [0.2, 0.25) is 0 Å². The highest BCUT2D eigenvalue weighted by molar-refractivity contribution is 5.43. The maximum Gasteiger partial charge on any atom is 0.163 e. The first-order valence-corrected chi connectivity index (χ1v) is 6.35. The molecule has 1 aliphatic rings. The standard InChI is InChI=1S/C14H20FNO2/c1-17-13-7-11(12(15)8-14(13)18-2)6-10-4-3-5-16-9-10/h7-8,10,16H,3-6,9H2,1-2H3. The highest BCUT2D eigenvalue weighted by Gasteiger charge is 2.17. The Bertz CT molecular complexity index is 403. The fourth-order valence-electron chi connectivity index (χ4n) is 2.46. The van der Waals surface area contributed by atoms with E-state index in [1.165, 1.54) is 19.6 Å². The molecule has 0 amide bonds. The summed E-state index contributed by atoms with van der Waals surface area (Å²) in [6, 6.07) is 3.16. The normalized spacial score (nSPS) is 19.6. The largest absolute Gasteiger partial charge is 0.493 e. The van der Waals surface area contributed by atoms with Gasteiger partial charge >= 0.3 is 0 Å². The second-order valence-corrected chi connectivity index (χ2v) is 4.72. The van der Waals surface area contributed by atoms with Gasteiger partial charge < -0.3 is 14.8 Å². The molecular weight excluding hydrogens is 233 g/mol. The van der Waals surface area contributed by atoms with E-state index in [0.29, 0.717) is 23.0 Å². The first-order valence-electron chi connectivity index (χ1n) is 6.35. The van der Waals surface area contributed by atoms with Gasteiger partial charge in [-0.1, -0.05) is 0 Å². The molecule has 0 radical (unpaired) electrons. The van der Waals surface area contributed by atoms with E-state index < -0.39 is 0 Å². The number of ether oxygens (including phenoxy) is 2. The van der Waals surface area contributed by atoms with E-state index in [1.54, 1.807) is 13.2 Å². The van der Waals surface area contributed by atoms with Crippen molar-refractivity contribution in [2.45, 2.75) is 19.3 Å². The van der Waals surface area contributed by atoms with E-state index in [4.69, 9.17) is 9.47 Å². The fraction of sp³-hybridized carbons (Fsp3) is 0.571. The zero-order valence-electron chi connectivity index (χ0n) is 11.0. The molecule has 0 saturated carbocycles. The zero-order valence-corrected chi connectivity index (χ0v) is 11.0. The minimum atomic E-state index is -0.210. The quantitative estimate of drug-likeness (QED) is 0.893. The van der Waals surface area contributed by atoms with Crippen molar-refractivity contribution in [1.29, 1.82) is 0 Å². The van der Waals surface area contributed by atoms with Gasteiger partial charge in [0, 0.05) is 6.07 Å². The Morgan fingerprint density at radius 2 is 2.00 bits per heavy atom. The Morgan fingerprint density at radius 1 is 1.28 bits per heavy atom. The molecule has 1 aromatic carbocycles. The van der Waals surface area contributed by atoms with Crippen molar-refractivity contribution in [1.82, 2.24) is 5.32 Å². The maximum absolute atomic E-state index is 14.0. The van der Waals surface area contributed by atoms with E-state index in [-0.39, 0.29) is 5.82 Å². The molecule has 4 heteroatoms. The third kappa shape index (κ3) is 2.93. The smallest absolute Gasteiger partial charge is 0.163 e. The van der Waals surface area contributed by atoms with Crippen LogP contribution in [0.3, 0.4) is 0 Å². The van der Waals surface area contributed by atoms with E-state index >= 15 is 0 Å². The predicted octanol–water partition coefficient (Wildman–Crippen LogP) is 2.39. The lowest BCUT2D eigenvalue weighted by Gasteiger charge is -2.23. The summed E-state index contributed by atoms with van der Waals surface area (Å²) in [6.07, 6.45) is 3.07. The number of piperidine rings is 1. The summed E-state index contributed by atoms with van der Waals surface area (Å²) in [7, 11) is 3.09. The highest BCUT2D eigenvalue weighted by atomic mass is 19.1. The molecule has 1 unspecified atom stereocenters. The molecule has 0 bridgehead atoms. The van der Waals surface area contributed by atoms with Crippen LogP contribution in [0.5, 0.6) is 11.5 Å². The topological polar surface area (TPSA) is 30.5 Å². The third-order valence-corrected chi connectivity index (χ3v) is 3.46. The van der Waals surface area contributed by atoms with Gasteiger partial charge in [0.2, 0.25) is 0 Å². The SMILES string of the molecule is COc1cc(F)c(CC2CCCNC2)cc1OC. The van der Waals surface area contributed by atoms with Crippen molar-refractivity contribution in [2.75, 3.05) is 27.3 Å². The summed E-state index contributed by atoms with van der Waals surface area (Å²) < 4.78 is 24.3. The summed E-state index contributed by atoms with van der Waals surface area (Å²) in [5.41, 5.74) is 0.710. The highest BCUT2D eigenvalue weighted by Crippen LogP contribution is 2.31. The molecule has 1 saturated heterocycles. The van der Waals surface area contributed by atoms with Gasteiger partial charge in [0.05, 0.1) is 14.2 Å². The van der Waals surface area contributed by atoms with Gasteiger partial charge in [-0.3, -0.25) is 0 Å². The van der Waals surface area contributed by atoms with Crippen LogP contribution in [0.15, 0.2) is 12.1 Å². The van der Waals surface area contributed by atoms with Crippen molar-refractivity contribution < 1.29 is 13.9 Å². The average Bonchev–Trinajstić information content (AvgIpc) is 2.41. The Kier molecular flexibility index (Phi) is 4.42. The summed E-state index contributed by atoms with van der Waals surface area (Å²) in [4.78, 5) is 0. The predicted molar refractivity (Wildman–Crippen MR) is 68.8 cm³/mol. The van der Waals surface area contributed by atoms with Gasteiger partial charge in [0.25, 0.3) is 0 Å². The molecule has 1 heterocycles. The van der Waals surface area contributed by atoms with Crippen molar-refractivity contribution in [2.24, 2.45) is 5.92 Å². The second-order valence-electron chi connectivity index (χ2n) is 4.72. The minimum Gasteiger partial charge on any atom is -0.493 e. The number of halogens is 1. The molecule has 0 aliphatic carbocycles. The first-order chi connectivity index (χ1) is 8.74. The van der Waals surface area contributed by atoms with Gasteiger partial charge in [-0.05, 0) is 49.9 Å². The summed E-state index contributed by atoms with van der Waals surface area (Å²) >= 11 is 0. The lowest BCUT2D eigenvalue weighted by Crippen LogP contribution is -2.31. The molecule has 0 spiro atoms. The number of nitrogens with one attached hydrogen (secondary N) is 1. The number of methoxy groups -OCH3 is 2. The Labute approximate surface area is 107 Å². The molecule has 1 aromatic rings. The molecule has 2 rings (SSSR count). The lowest BCUT2D eigenvalue weighted by atomic mass is 9.92. The number of benzene rings is 1. The molecule has 1 atom stereocenters. The fourth-order valence-corrected chi connectivity index (χ4v) is 2.46. The molecule has 3 nitrogen and oxygen atoms in total. The van der Waals surface area contributed by atoms with E-state index in [9.17, 15) is 4.39 Å². The van der Waals surface area contributed by atoms with Crippen molar-refractivity contribution in [3.63, 3.8) is 0 Å². The van der Waals surface area contributed by atoms with Crippen molar-refractivity contribution >= 4 is 0 Å². The Balaban J connectivity index is 2.16. The molecule has 1 aliphatic heterocycles. The number of rotatable bonds is 4. The summed E-state index contributed by atoms with van der Waals surface area (Å²) in [6.45, 7) is 2.04. The van der Waals surface area contributed by atoms with E-state index in [1.807, 2.05) is 0 Å². The minimum absolute atomic E-state index is 0.210. The van der Waals surface area contributed by atoms with Crippen LogP contribution >= 0.6 is 0 Å². The van der Waals surface area contributed by atoms with Crippen molar-refractivity contribution in [3.05, 3.63) is 23.5 Å². The van der Waals surface area contributed by atoms with Gasteiger partial charge in [0.1, 0.15) is 5.82 Å². The van der Waals surface area contributed by atoms with Crippen LogP contribution < -0.4 is 14.8 Å². The second kappa shape index (κ2) is 6.05. The molecule has 100 valence electrons. The van der Waals surface area contributed by atoms with Crippen molar-refractivity contribution in [3.8, 4) is 11.5 Å². The Hall–Kier alpha value is -1.29. The van der Waals surface area contributed by atoms with Crippen LogP contribution in [-0.2, 0) is 6.42 Å². The lowest BCUT2D eigenvalue weighted by molar-refractivity contribution is 0.347. The van der Waals surface area contributed by atoms with Gasteiger partial charge in [-0.15, -0.1) is 0 Å². The monoisotopic (exact) mass is 253 g/mol. The average molecular weight is 253 g/mol. The van der Waals surface area contributed by atoms with E-state index in [0.717, 1.165) is 25.9 Å². The molecule has 1 N–H and O–H groups in total. The summed E-state index contributed by atoms with van der Waals surface area (Å²) in [5.74, 6) is 1.34. The number of hydrogen-bond acceptors (Lipinski definition) is 3. The molecule has 18 heavy (non-hydrogen) atoms. The Morgan fingerprint density at radius 3 is 2.61 bits per heavy atom. The maximum atomic E-state index is 14.0. The van der Waals surface area contributed by atoms with E-state index in [2.05, 4.69) is 5.32 Å². The van der Waals surface area contributed by atoms with Crippen LogP contribution in [-0.4, -0.2) is 27.3 Å². The molecular formula is C14H20FNO2. The first kappa shape index (κ1) is 13.1. The zero-order chi connectivity index (χ0) is 13.0. The van der Waals surface area contributed by atoms with Gasteiger partial charge in [-0.2, -0.15) is 0 Å². The third-order valence-electron chi connectivity index (χ3n) is 3.46.